The Balaban J connectivity index is 3.68. The molecule has 0 radical (unpaired) electrons. The highest BCUT2D eigenvalue weighted by molar-refractivity contribution is 5.78. The van der Waals surface area contributed by atoms with Crippen molar-refractivity contribution in [3.8, 4) is 0 Å². The van der Waals surface area contributed by atoms with Crippen molar-refractivity contribution in [2.75, 3.05) is 6.61 Å². The molecule has 1 unspecified atom stereocenters. The molecule has 1 amide bonds. The van der Waals surface area contributed by atoms with Gasteiger partial charge in [0.2, 0.25) is 5.91 Å². The summed E-state index contributed by atoms with van der Waals surface area (Å²) in [5.74, 6) is -0.732. The first-order valence-electron chi connectivity index (χ1n) is 3.84. The minimum atomic E-state index is -4.25. The number of hydrogen-bond acceptors (Lipinski definition) is 2. The summed E-state index contributed by atoms with van der Waals surface area (Å²) in [4.78, 5) is 10.5. The molecule has 0 aromatic heterocycles. The fourth-order valence-corrected chi connectivity index (χ4v) is 0.718. The van der Waals surface area contributed by atoms with Gasteiger partial charge in [0.05, 0.1) is 13.0 Å². The van der Waals surface area contributed by atoms with Crippen LogP contribution < -0.4 is 5.73 Å². The second kappa shape index (κ2) is 5.06. The fourth-order valence-electron chi connectivity index (χ4n) is 0.718. The maximum absolute atomic E-state index is 11.6. The van der Waals surface area contributed by atoms with Gasteiger partial charge in [0.15, 0.2) is 0 Å². The van der Waals surface area contributed by atoms with Gasteiger partial charge in [-0.2, -0.15) is 13.2 Å². The lowest BCUT2D eigenvalue weighted by Crippen LogP contribution is -2.31. The third-order valence-corrected chi connectivity index (χ3v) is 1.39. The van der Waals surface area contributed by atoms with E-state index < -0.39 is 31.2 Å². The summed E-state index contributed by atoms with van der Waals surface area (Å²) < 4.78 is 39.5. The third kappa shape index (κ3) is 6.39. The standard InChI is InChI=1S/C7H12F3NO2/c1-2-5(6(11)12)13-4-3-7(8,9)10/h5H,2-4H2,1H3,(H2,11,12). The number of nitrogens with two attached hydrogens (primary N) is 1. The van der Waals surface area contributed by atoms with E-state index in [-0.39, 0.29) is 6.42 Å². The Morgan fingerprint density at radius 3 is 2.38 bits per heavy atom. The molecule has 78 valence electrons. The van der Waals surface area contributed by atoms with Crippen LogP contribution in [0.4, 0.5) is 13.2 Å². The number of primary amides is 1. The van der Waals surface area contributed by atoms with Gasteiger partial charge >= 0.3 is 6.18 Å². The van der Waals surface area contributed by atoms with Crippen molar-refractivity contribution in [3.05, 3.63) is 0 Å². The summed E-state index contributed by atoms with van der Waals surface area (Å²) in [7, 11) is 0. The highest BCUT2D eigenvalue weighted by Crippen LogP contribution is 2.19. The zero-order valence-corrected chi connectivity index (χ0v) is 7.23. The van der Waals surface area contributed by atoms with Crippen LogP contribution in [0, 0.1) is 0 Å². The van der Waals surface area contributed by atoms with E-state index in [4.69, 9.17) is 5.73 Å². The largest absolute Gasteiger partial charge is 0.391 e. The van der Waals surface area contributed by atoms with Gasteiger partial charge < -0.3 is 10.5 Å². The van der Waals surface area contributed by atoms with Crippen molar-refractivity contribution in [2.45, 2.75) is 32.0 Å². The topological polar surface area (TPSA) is 52.3 Å². The van der Waals surface area contributed by atoms with E-state index in [2.05, 4.69) is 4.74 Å². The molecular weight excluding hydrogens is 187 g/mol. The van der Waals surface area contributed by atoms with Crippen LogP contribution in [0.1, 0.15) is 19.8 Å². The molecule has 0 heterocycles. The van der Waals surface area contributed by atoms with Gasteiger partial charge in [-0.05, 0) is 6.42 Å². The summed E-state index contributed by atoms with van der Waals surface area (Å²) in [6.45, 7) is 1.09. The van der Waals surface area contributed by atoms with Gasteiger partial charge in [-0.15, -0.1) is 0 Å². The number of halogens is 3. The van der Waals surface area contributed by atoms with Crippen LogP contribution in [0.5, 0.6) is 0 Å². The first-order valence-corrected chi connectivity index (χ1v) is 3.84. The molecule has 2 N–H and O–H groups in total. The van der Waals surface area contributed by atoms with Gasteiger partial charge in [0.25, 0.3) is 0 Å². The SMILES string of the molecule is CCC(OCCC(F)(F)F)C(N)=O. The van der Waals surface area contributed by atoms with E-state index in [1.807, 2.05) is 0 Å². The Hall–Kier alpha value is -0.780. The first kappa shape index (κ1) is 12.2. The monoisotopic (exact) mass is 199 g/mol. The maximum atomic E-state index is 11.6. The molecule has 1 atom stereocenters. The number of rotatable bonds is 5. The Kier molecular flexibility index (Phi) is 4.76. The van der Waals surface area contributed by atoms with E-state index in [0.29, 0.717) is 0 Å². The summed E-state index contributed by atoms with van der Waals surface area (Å²) in [6.07, 6.45) is -5.94. The number of hydrogen-bond donors (Lipinski definition) is 1. The predicted molar refractivity (Wildman–Crippen MR) is 39.9 cm³/mol. The van der Waals surface area contributed by atoms with Crippen molar-refractivity contribution in [3.63, 3.8) is 0 Å². The van der Waals surface area contributed by atoms with Crippen molar-refractivity contribution in [1.82, 2.24) is 0 Å². The fraction of sp³-hybridized carbons (Fsp3) is 0.857. The molecule has 0 rings (SSSR count). The molecule has 3 nitrogen and oxygen atoms in total. The number of amides is 1. The van der Waals surface area contributed by atoms with Crippen LogP contribution in [0.2, 0.25) is 0 Å². The van der Waals surface area contributed by atoms with Crippen molar-refractivity contribution in [2.24, 2.45) is 5.73 Å². The number of ether oxygens (including phenoxy) is 1. The van der Waals surface area contributed by atoms with E-state index in [9.17, 15) is 18.0 Å². The number of carbonyl (C=O) groups excluding carboxylic acids is 1. The quantitative estimate of drug-likeness (QED) is 0.723. The average Bonchev–Trinajstić information content (AvgIpc) is 1.95. The molecule has 0 fully saturated rings. The smallest absolute Gasteiger partial charge is 0.368 e. The molecule has 0 aromatic rings. The minimum absolute atomic E-state index is 0.285. The lowest BCUT2D eigenvalue weighted by molar-refractivity contribution is -0.154. The van der Waals surface area contributed by atoms with Gasteiger partial charge in [0.1, 0.15) is 6.10 Å². The van der Waals surface area contributed by atoms with Gasteiger partial charge in [-0.1, -0.05) is 6.92 Å². The molecule has 0 aliphatic heterocycles. The predicted octanol–water partition coefficient (Wildman–Crippen LogP) is 1.22. The normalized spacial score (nSPS) is 14.2. The molecule has 0 bridgehead atoms. The lowest BCUT2D eigenvalue weighted by atomic mass is 10.2. The third-order valence-electron chi connectivity index (χ3n) is 1.39. The van der Waals surface area contributed by atoms with Crippen LogP contribution in [-0.4, -0.2) is 24.8 Å². The van der Waals surface area contributed by atoms with Crippen molar-refractivity contribution in [1.29, 1.82) is 0 Å². The zero-order chi connectivity index (χ0) is 10.5. The summed E-state index contributed by atoms with van der Waals surface area (Å²) in [5, 5.41) is 0. The molecule has 0 saturated heterocycles. The Labute approximate surface area is 74.0 Å². The summed E-state index contributed by atoms with van der Waals surface area (Å²) in [6, 6.07) is 0. The average molecular weight is 199 g/mol. The lowest BCUT2D eigenvalue weighted by Gasteiger charge is -2.13. The van der Waals surface area contributed by atoms with E-state index >= 15 is 0 Å². The molecule has 0 aliphatic carbocycles. The van der Waals surface area contributed by atoms with Gasteiger partial charge in [0, 0.05) is 0 Å². The number of carbonyl (C=O) groups is 1. The maximum Gasteiger partial charge on any atom is 0.391 e. The van der Waals surface area contributed by atoms with Crippen LogP contribution in [0.25, 0.3) is 0 Å². The Bertz CT molecular complexity index is 170. The summed E-state index contributed by atoms with van der Waals surface area (Å²) >= 11 is 0. The molecule has 6 heteroatoms. The molecule has 0 saturated carbocycles. The summed E-state index contributed by atoms with van der Waals surface area (Å²) in [5.41, 5.74) is 4.85. The van der Waals surface area contributed by atoms with Crippen LogP contribution in [-0.2, 0) is 9.53 Å². The minimum Gasteiger partial charge on any atom is -0.368 e. The van der Waals surface area contributed by atoms with Crippen LogP contribution in [0.15, 0.2) is 0 Å². The molecular formula is C7H12F3NO2. The van der Waals surface area contributed by atoms with Gasteiger partial charge in [-0.25, -0.2) is 0 Å². The Morgan fingerprint density at radius 1 is 1.54 bits per heavy atom. The second-order valence-corrected chi connectivity index (χ2v) is 2.54. The van der Waals surface area contributed by atoms with Gasteiger partial charge in [-0.3, -0.25) is 4.79 Å². The first-order chi connectivity index (χ1) is 5.87. The highest BCUT2D eigenvalue weighted by Gasteiger charge is 2.27. The van der Waals surface area contributed by atoms with E-state index in [0.717, 1.165) is 0 Å². The molecule has 0 aromatic carbocycles. The van der Waals surface area contributed by atoms with E-state index in [1.54, 1.807) is 6.92 Å². The highest BCUT2D eigenvalue weighted by atomic mass is 19.4. The van der Waals surface area contributed by atoms with Crippen molar-refractivity contribution < 1.29 is 22.7 Å². The molecule has 13 heavy (non-hydrogen) atoms. The van der Waals surface area contributed by atoms with E-state index in [1.165, 1.54) is 0 Å². The van der Waals surface area contributed by atoms with Crippen LogP contribution >= 0.6 is 0 Å². The van der Waals surface area contributed by atoms with Crippen molar-refractivity contribution >= 4 is 5.91 Å². The molecule has 0 spiro atoms. The Morgan fingerprint density at radius 2 is 2.08 bits per heavy atom. The molecule has 0 aliphatic rings. The zero-order valence-electron chi connectivity index (χ0n) is 7.23. The number of alkyl halides is 3. The second-order valence-electron chi connectivity index (χ2n) is 2.54. The van der Waals surface area contributed by atoms with Crippen LogP contribution in [0.3, 0.4) is 0 Å².